The van der Waals surface area contributed by atoms with Gasteiger partial charge in [-0.15, -0.1) is 0 Å². The normalized spacial score (nSPS) is 16.0. The lowest BCUT2D eigenvalue weighted by atomic mass is 10.1. The van der Waals surface area contributed by atoms with E-state index in [2.05, 4.69) is 5.32 Å². The van der Waals surface area contributed by atoms with E-state index in [1.54, 1.807) is 0 Å². The summed E-state index contributed by atoms with van der Waals surface area (Å²) >= 11 is 0. The third-order valence-corrected chi connectivity index (χ3v) is 3.96. The van der Waals surface area contributed by atoms with E-state index in [1.807, 2.05) is 29.2 Å². The van der Waals surface area contributed by atoms with Crippen LogP contribution in [-0.2, 0) is 11.2 Å². The molecule has 0 bridgehead atoms. The van der Waals surface area contributed by atoms with Crippen molar-refractivity contribution in [3.63, 3.8) is 0 Å². The molecular formula is C16H11FN2O2. The predicted molar refractivity (Wildman–Crippen MR) is 76.5 cm³/mol. The molecule has 2 aromatic carbocycles. The largest absolute Gasteiger partial charge is 0.338 e. The maximum absolute atomic E-state index is 14.4. The lowest BCUT2D eigenvalue weighted by Crippen LogP contribution is -2.15. The number of Topliss-reactive ketones (excluding diaryl/α,β-unsaturated/α-hetero) is 1. The summed E-state index contributed by atoms with van der Waals surface area (Å²) in [6.07, 6.45) is 0.845. The molecule has 0 saturated carbocycles. The second kappa shape index (κ2) is 4.15. The van der Waals surface area contributed by atoms with Crippen molar-refractivity contribution in [3.8, 4) is 0 Å². The first kappa shape index (κ1) is 12.1. The van der Waals surface area contributed by atoms with E-state index < -0.39 is 17.5 Å². The van der Waals surface area contributed by atoms with Gasteiger partial charge in [0.15, 0.2) is 0 Å². The molecule has 4 rings (SSSR count). The molecule has 0 aromatic heterocycles. The highest BCUT2D eigenvalue weighted by molar-refractivity contribution is 6.51. The van der Waals surface area contributed by atoms with Crippen LogP contribution in [0.25, 0.3) is 0 Å². The van der Waals surface area contributed by atoms with Crippen LogP contribution >= 0.6 is 0 Å². The van der Waals surface area contributed by atoms with Gasteiger partial charge < -0.3 is 10.2 Å². The highest BCUT2D eigenvalue weighted by Gasteiger charge is 2.31. The van der Waals surface area contributed by atoms with Crippen LogP contribution in [0.4, 0.5) is 21.5 Å². The van der Waals surface area contributed by atoms with Gasteiger partial charge >= 0.3 is 0 Å². The molecule has 2 heterocycles. The molecular weight excluding hydrogens is 271 g/mol. The zero-order chi connectivity index (χ0) is 14.6. The van der Waals surface area contributed by atoms with E-state index >= 15 is 0 Å². The average molecular weight is 282 g/mol. The second-order valence-corrected chi connectivity index (χ2v) is 5.16. The molecule has 2 aromatic rings. The fraction of sp³-hybridized carbons (Fsp3) is 0.125. The van der Waals surface area contributed by atoms with Crippen molar-refractivity contribution < 1.29 is 14.0 Å². The van der Waals surface area contributed by atoms with Crippen LogP contribution in [0.1, 0.15) is 15.9 Å². The molecule has 0 spiro atoms. The van der Waals surface area contributed by atoms with Gasteiger partial charge in [-0.3, -0.25) is 9.59 Å². The zero-order valence-electron chi connectivity index (χ0n) is 11.0. The molecule has 1 amide bonds. The van der Waals surface area contributed by atoms with Crippen molar-refractivity contribution in [1.29, 1.82) is 0 Å². The number of nitrogens with one attached hydrogen (secondary N) is 1. The summed E-state index contributed by atoms with van der Waals surface area (Å²) < 4.78 is 14.4. The number of nitrogens with zero attached hydrogens (tertiary/aromatic N) is 1. The Balaban J connectivity index is 1.83. The first-order valence-corrected chi connectivity index (χ1v) is 6.70. The molecule has 0 fully saturated rings. The predicted octanol–water partition coefficient (Wildman–Crippen LogP) is 2.65. The lowest BCUT2D eigenvalue weighted by Gasteiger charge is -2.21. The summed E-state index contributed by atoms with van der Waals surface area (Å²) in [6.45, 7) is 0.678. The number of rotatable bonds is 1. The number of fused-ring (bicyclic) bond motifs is 2. The summed E-state index contributed by atoms with van der Waals surface area (Å²) in [5.41, 5.74) is 3.00. The van der Waals surface area contributed by atoms with Crippen LogP contribution in [0.15, 0.2) is 36.4 Å². The highest BCUT2D eigenvalue weighted by Crippen LogP contribution is 2.38. The van der Waals surface area contributed by atoms with Crippen LogP contribution < -0.4 is 10.2 Å². The average Bonchev–Trinajstić information content (AvgIpc) is 3.02. The maximum atomic E-state index is 14.4. The Labute approximate surface area is 120 Å². The van der Waals surface area contributed by atoms with Crippen LogP contribution in [0.5, 0.6) is 0 Å². The third kappa shape index (κ3) is 1.67. The number of carbonyl (C=O) groups excluding carboxylic acids is 2. The van der Waals surface area contributed by atoms with Gasteiger partial charge in [0, 0.05) is 12.2 Å². The number of hydrogen-bond acceptors (Lipinski definition) is 3. The molecule has 2 aliphatic rings. The van der Waals surface area contributed by atoms with E-state index in [1.165, 1.54) is 6.07 Å². The van der Waals surface area contributed by atoms with Gasteiger partial charge in [0.1, 0.15) is 5.82 Å². The monoisotopic (exact) mass is 282 g/mol. The number of benzene rings is 2. The number of amides is 1. The molecule has 2 aliphatic heterocycles. The van der Waals surface area contributed by atoms with Crippen molar-refractivity contribution in [1.82, 2.24) is 0 Å². The molecule has 0 saturated heterocycles. The summed E-state index contributed by atoms with van der Waals surface area (Å²) in [6, 6.07) is 10.5. The van der Waals surface area contributed by atoms with Gasteiger partial charge in [-0.2, -0.15) is 0 Å². The fourth-order valence-electron chi connectivity index (χ4n) is 2.95. The summed E-state index contributed by atoms with van der Waals surface area (Å²) in [4.78, 5) is 24.8. The zero-order valence-corrected chi connectivity index (χ0v) is 11.0. The topological polar surface area (TPSA) is 49.4 Å². The van der Waals surface area contributed by atoms with Crippen LogP contribution in [0, 0.1) is 5.82 Å². The van der Waals surface area contributed by atoms with Crippen molar-refractivity contribution in [3.05, 3.63) is 53.3 Å². The molecule has 104 valence electrons. The van der Waals surface area contributed by atoms with E-state index in [9.17, 15) is 14.0 Å². The summed E-state index contributed by atoms with van der Waals surface area (Å²) in [7, 11) is 0. The Morgan fingerprint density at radius 2 is 1.90 bits per heavy atom. The third-order valence-electron chi connectivity index (χ3n) is 3.96. The Kier molecular flexibility index (Phi) is 2.39. The number of ketones is 1. The van der Waals surface area contributed by atoms with Crippen molar-refractivity contribution >= 4 is 28.8 Å². The van der Waals surface area contributed by atoms with Gasteiger partial charge in [-0.1, -0.05) is 18.2 Å². The molecule has 1 N–H and O–H groups in total. The molecule has 0 aliphatic carbocycles. The summed E-state index contributed by atoms with van der Waals surface area (Å²) in [5.74, 6) is -1.88. The highest BCUT2D eigenvalue weighted by atomic mass is 19.1. The molecule has 4 nitrogen and oxygen atoms in total. The lowest BCUT2D eigenvalue weighted by molar-refractivity contribution is -0.112. The number of para-hydroxylation sites is 1. The van der Waals surface area contributed by atoms with Crippen LogP contribution in [-0.4, -0.2) is 18.2 Å². The van der Waals surface area contributed by atoms with E-state index in [4.69, 9.17) is 0 Å². The molecule has 0 atom stereocenters. The number of carbonyl (C=O) groups is 2. The van der Waals surface area contributed by atoms with Gasteiger partial charge in [-0.25, -0.2) is 4.39 Å². The van der Waals surface area contributed by atoms with Crippen LogP contribution in [0.3, 0.4) is 0 Å². The Hall–Kier alpha value is -2.69. The number of hydrogen-bond donors (Lipinski definition) is 1. The number of anilines is 3. The first-order valence-electron chi connectivity index (χ1n) is 6.70. The SMILES string of the molecule is O=C1Nc2cc(N3CCc4ccccc43)c(F)cc2C1=O. The van der Waals surface area contributed by atoms with E-state index in [0.717, 1.165) is 23.7 Å². The smallest absolute Gasteiger partial charge is 0.296 e. The van der Waals surface area contributed by atoms with E-state index in [0.29, 0.717) is 17.9 Å². The van der Waals surface area contributed by atoms with Crippen LogP contribution in [0.2, 0.25) is 0 Å². The van der Waals surface area contributed by atoms with E-state index in [-0.39, 0.29) is 5.56 Å². The van der Waals surface area contributed by atoms with Gasteiger partial charge in [0.25, 0.3) is 11.7 Å². The molecule has 5 heteroatoms. The first-order chi connectivity index (χ1) is 10.1. The second-order valence-electron chi connectivity index (χ2n) is 5.16. The Bertz CT molecular complexity index is 801. The van der Waals surface area contributed by atoms with Crippen molar-refractivity contribution in [2.75, 3.05) is 16.8 Å². The van der Waals surface area contributed by atoms with Gasteiger partial charge in [0.2, 0.25) is 0 Å². The quantitative estimate of drug-likeness (QED) is 0.818. The van der Waals surface area contributed by atoms with Gasteiger partial charge in [-0.05, 0) is 30.2 Å². The van der Waals surface area contributed by atoms with Crippen molar-refractivity contribution in [2.24, 2.45) is 0 Å². The van der Waals surface area contributed by atoms with Crippen molar-refractivity contribution in [2.45, 2.75) is 6.42 Å². The minimum atomic E-state index is -0.705. The molecule has 0 unspecified atom stereocenters. The standard InChI is InChI=1S/C16H11FN2O2/c17-11-7-10-12(18-16(21)15(10)20)8-14(11)19-6-5-9-3-1-2-4-13(9)19/h1-4,7-8H,5-6H2,(H,18,20,21). The Morgan fingerprint density at radius 1 is 1.10 bits per heavy atom. The minimum absolute atomic E-state index is 0.105. The fourth-order valence-corrected chi connectivity index (χ4v) is 2.95. The Morgan fingerprint density at radius 3 is 2.76 bits per heavy atom. The summed E-state index contributed by atoms with van der Waals surface area (Å²) in [5, 5.41) is 2.48. The van der Waals surface area contributed by atoms with Gasteiger partial charge in [0.05, 0.1) is 16.9 Å². The maximum Gasteiger partial charge on any atom is 0.296 e. The number of halogens is 1. The minimum Gasteiger partial charge on any atom is -0.338 e. The molecule has 0 radical (unpaired) electrons. The molecule has 21 heavy (non-hydrogen) atoms.